The largest absolute Gasteiger partial charge is 0.382 e. The van der Waals surface area contributed by atoms with Crippen LogP contribution in [-0.4, -0.2) is 6.04 Å². The molecule has 2 atom stereocenters. The minimum atomic E-state index is 0.253. The maximum atomic E-state index is 4.06. The third kappa shape index (κ3) is 0.834. The molecule has 11 heavy (non-hydrogen) atoms. The van der Waals surface area contributed by atoms with Crippen molar-refractivity contribution in [2.45, 2.75) is 26.3 Å². The van der Waals surface area contributed by atoms with Crippen molar-refractivity contribution < 1.29 is 0 Å². The lowest BCUT2D eigenvalue weighted by Crippen LogP contribution is -2.41. The zero-order valence-corrected chi connectivity index (χ0v) is 7.22. The van der Waals surface area contributed by atoms with Gasteiger partial charge in [0.1, 0.15) is 0 Å². The summed E-state index contributed by atoms with van der Waals surface area (Å²) >= 11 is 0. The number of piperidine rings is 1. The first kappa shape index (κ1) is 6.96. The Morgan fingerprint density at radius 1 is 1.55 bits per heavy atom. The predicted octanol–water partition coefficient (Wildman–Crippen LogP) is 2.07. The summed E-state index contributed by atoms with van der Waals surface area (Å²) in [5.41, 5.74) is 1.45. The van der Waals surface area contributed by atoms with E-state index in [2.05, 4.69) is 37.9 Å². The first-order valence-electron chi connectivity index (χ1n) is 4.25. The Balaban J connectivity index is 2.33. The lowest BCUT2D eigenvalue weighted by atomic mass is 9.73. The van der Waals surface area contributed by atoms with Crippen LogP contribution in [0.4, 0.5) is 0 Å². The molecule has 1 heterocycles. The van der Waals surface area contributed by atoms with Crippen LogP contribution in [0.2, 0.25) is 0 Å². The van der Waals surface area contributed by atoms with Crippen molar-refractivity contribution in [3.8, 4) is 0 Å². The van der Waals surface area contributed by atoms with E-state index in [1.54, 1.807) is 0 Å². The van der Waals surface area contributed by atoms with Crippen molar-refractivity contribution in [3.05, 3.63) is 24.4 Å². The van der Waals surface area contributed by atoms with Gasteiger partial charge in [-0.2, -0.15) is 0 Å². The molecule has 0 saturated carbocycles. The molecule has 1 saturated heterocycles. The van der Waals surface area contributed by atoms with Crippen molar-refractivity contribution in [1.29, 1.82) is 0 Å². The number of allylic oxidation sites excluding steroid dienone is 2. The molecule has 2 rings (SSSR count). The molecule has 1 heteroatoms. The minimum Gasteiger partial charge on any atom is -0.382 e. The van der Waals surface area contributed by atoms with Gasteiger partial charge in [0.2, 0.25) is 0 Å². The highest BCUT2D eigenvalue weighted by Gasteiger charge is 2.39. The summed E-state index contributed by atoms with van der Waals surface area (Å²) in [5, 5.41) is 3.42. The molecule has 1 N–H and O–H groups in total. The minimum absolute atomic E-state index is 0.253. The molecule has 0 radical (unpaired) electrons. The molecule has 0 aromatic carbocycles. The van der Waals surface area contributed by atoms with Gasteiger partial charge < -0.3 is 5.32 Å². The number of nitrogens with one attached hydrogen (secondary N) is 1. The molecule has 1 nitrogen and oxygen atoms in total. The van der Waals surface area contributed by atoms with Crippen LogP contribution in [0.25, 0.3) is 0 Å². The Morgan fingerprint density at radius 2 is 2.27 bits per heavy atom. The molecule has 2 unspecified atom stereocenters. The molecule has 60 valence electrons. The van der Waals surface area contributed by atoms with E-state index in [-0.39, 0.29) is 5.41 Å². The van der Waals surface area contributed by atoms with E-state index in [0.717, 1.165) is 0 Å². The zero-order valence-electron chi connectivity index (χ0n) is 7.22. The first-order chi connectivity index (χ1) is 5.10. The second-order valence-electron chi connectivity index (χ2n) is 4.18. The summed E-state index contributed by atoms with van der Waals surface area (Å²) in [5.74, 6) is 0.709. The van der Waals surface area contributed by atoms with Crippen molar-refractivity contribution in [1.82, 2.24) is 5.32 Å². The Hall–Kier alpha value is -0.720. The van der Waals surface area contributed by atoms with Crippen molar-refractivity contribution in [2.75, 3.05) is 0 Å². The Kier molecular flexibility index (Phi) is 1.20. The van der Waals surface area contributed by atoms with Crippen LogP contribution >= 0.6 is 0 Å². The first-order valence-corrected chi connectivity index (χ1v) is 4.25. The van der Waals surface area contributed by atoms with Crippen molar-refractivity contribution in [2.24, 2.45) is 11.3 Å². The van der Waals surface area contributed by atoms with Gasteiger partial charge in [-0.05, 0) is 12.3 Å². The van der Waals surface area contributed by atoms with Gasteiger partial charge in [0.25, 0.3) is 0 Å². The lowest BCUT2D eigenvalue weighted by molar-refractivity contribution is 0.247. The van der Waals surface area contributed by atoms with Gasteiger partial charge in [-0.3, -0.25) is 0 Å². The van der Waals surface area contributed by atoms with Gasteiger partial charge in [-0.1, -0.05) is 32.6 Å². The fourth-order valence-electron chi connectivity index (χ4n) is 1.97. The Bertz CT molecular complexity index is 225. The van der Waals surface area contributed by atoms with E-state index in [4.69, 9.17) is 0 Å². The molecule has 1 fully saturated rings. The number of rotatable bonds is 0. The highest BCUT2D eigenvalue weighted by molar-refractivity contribution is 5.24. The Morgan fingerprint density at radius 3 is 3.00 bits per heavy atom. The second-order valence-corrected chi connectivity index (χ2v) is 4.18. The molecule has 2 aliphatic rings. The van der Waals surface area contributed by atoms with Gasteiger partial charge in [-0.25, -0.2) is 0 Å². The SMILES string of the molecule is C=C1NC2C=CC(C2)C1(C)C. The molecular weight excluding hydrogens is 134 g/mol. The zero-order chi connectivity index (χ0) is 8.06. The molecule has 0 amide bonds. The molecule has 0 aromatic rings. The van der Waals surface area contributed by atoms with Gasteiger partial charge >= 0.3 is 0 Å². The predicted molar refractivity (Wildman–Crippen MR) is 47.1 cm³/mol. The molecule has 1 aliphatic carbocycles. The van der Waals surface area contributed by atoms with Gasteiger partial charge in [-0.15, -0.1) is 0 Å². The standard InChI is InChI=1S/C10H15N/c1-7-10(2,3)8-4-5-9(6-8)11-7/h4-5,8-9,11H,1,6H2,2-3H3. The maximum Gasteiger partial charge on any atom is 0.0447 e. The summed E-state index contributed by atoms with van der Waals surface area (Å²) in [4.78, 5) is 0. The molecule has 0 spiro atoms. The second kappa shape index (κ2) is 1.90. The van der Waals surface area contributed by atoms with Crippen LogP contribution in [0.3, 0.4) is 0 Å². The van der Waals surface area contributed by atoms with E-state index >= 15 is 0 Å². The number of hydrogen-bond donors (Lipinski definition) is 1. The lowest BCUT2D eigenvalue weighted by Gasteiger charge is -2.39. The average Bonchev–Trinajstić information content (AvgIpc) is 2.31. The topological polar surface area (TPSA) is 12.0 Å². The van der Waals surface area contributed by atoms with Crippen LogP contribution in [0.1, 0.15) is 20.3 Å². The summed E-state index contributed by atoms with van der Waals surface area (Å²) in [6.45, 7) is 8.58. The van der Waals surface area contributed by atoms with Gasteiger partial charge in [0.15, 0.2) is 0 Å². The van der Waals surface area contributed by atoms with Crippen LogP contribution in [-0.2, 0) is 0 Å². The van der Waals surface area contributed by atoms with Gasteiger partial charge in [0, 0.05) is 17.2 Å². The van der Waals surface area contributed by atoms with Crippen molar-refractivity contribution >= 4 is 0 Å². The maximum absolute atomic E-state index is 4.06. The third-order valence-electron chi connectivity index (χ3n) is 3.15. The summed E-state index contributed by atoms with van der Waals surface area (Å²) < 4.78 is 0. The monoisotopic (exact) mass is 149 g/mol. The fourth-order valence-corrected chi connectivity index (χ4v) is 1.97. The highest BCUT2D eigenvalue weighted by atomic mass is 15.0. The highest BCUT2D eigenvalue weighted by Crippen LogP contribution is 2.43. The third-order valence-corrected chi connectivity index (χ3v) is 3.15. The average molecular weight is 149 g/mol. The summed E-state index contributed by atoms with van der Waals surface area (Å²) in [6, 6.07) is 0.570. The normalized spacial score (nSPS) is 38.9. The van der Waals surface area contributed by atoms with Crippen LogP contribution in [0.5, 0.6) is 0 Å². The van der Waals surface area contributed by atoms with E-state index in [0.29, 0.717) is 12.0 Å². The van der Waals surface area contributed by atoms with Crippen LogP contribution in [0, 0.1) is 11.3 Å². The van der Waals surface area contributed by atoms with Crippen LogP contribution in [0.15, 0.2) is 24.4 Å². The van der Waals surface area contributed by atoms with E-state index < -0.39 is 0 Å². The van der Waals surface area contributed by atoms with Crippen molar-refractivity contribution in [3.63, 3.8) is 0 Å². The molecular formula is C10H15N. The van der Waals surface area contributed by atoms with Gasteiger partial charge in [0.05, 0.1) is 0 Å². The summed E-state index contributed by atoms with van der Waals surface area (Å²) in [6.07, 6.45) is 5.85. The molecule has 0 aromatic heterocycles. The van der Waals surface area contributed by atoms with E-state index in [9.17, 15) is 0 Å². The van der Waals surface area contributed by atoms with E-state index in [1.807, 2.05) is 0 Å². The molecule has 2 bridgehead atoms. The smallest absolute Gasteiger partial charge is 0.0447 e. The molecule has 1 aliphatic heterocycles. The number of fused-ring (bicyclic) bond motifs is 2. The summed E-state index contributed by atoms with van der Waals surface area (Å²) in [7, 11) is 0. The number of hydrogen-bond acceptors (Lipinski definition) is 1. The quantitative estimate of drug-likeness (QED) is 0.520. The van der Waals surface area contributed by atoms with Crippen LogP contribution < -0.4 is 5.32 Å². The fraction of sp³-hybridized carbons (Fsp3) is 0.600. The van der Waals surface area contributed by atoms with E-state index in [1.165, 1.54) is 12.1 Å². The Labute approximate surface area is 68.2 Å².